The number of carbonyl (C=O) groups excluding carboxylic acids is 1. The first kappa shape index (κ1) is 15.8. The number of aryl methyl sites for hydroxylation is 1. The van der Waals surface area contributed by atoms with Gasteiger partial charge in [-0.25, -0.2) is 4.98 Å². The van der Waals surface area contributed by atoms with Gasteiger partial charge in [0, 0.05) is 18.5 Å². The van der Waals surface area contributed by atoms with Crippen LogP contribution in [0.5, 0.6) is 0 Å². The van der Waals surface area contributed by atoms with Crippen molar-refractivity contribution in [1.82, 2.24) is 9.88 Å². The highest BCUT2D eigenvalue weighted by Crippen LogP contribution is 2.27. The fourth-order valence-electron chi connectivity index (χ4n) is 2.40. The number of carbonyl (C=O) groups is 1. The lowest BCUT2D eigenvalue weighted by molar-refractivity contribution is -0.129. The Hall–Kier alpha value is -1.55. The maximum Gasteiger partial charge on any atom is 0.235 e. The average molecular weight is 302 g/mol. The Morgan fingerprint density at radius 3 is 2.62 bits per heavy atom. The van der Waals surface area contributed by atoms with Gasteiger partial charge in [-0.2, -0.15) is 0 Å². The van der Waals surface area contributed by atoms with Gasteiger partial charge in [0.2, 0.25) is 5.91 Å². The molecule has 1 aromatic heterocycles. The van der Waals surface area contributed by atoms with Crippen LogP contribution in [0, 0.1) is 6.92 Å². The Kier molecular flexibility index (Phi) is 5.23. The van der Waals surface area contributed by atoms with E-state index in [9.17, 15) is 4.79 Å². The summed E-state index contributed by atoms with van der Waals surface area (Å²) in [7, 11) is 0. The van der Waals surface area contributed by atoms with Crippen LogP contribution in [0.15, 0.2) is 35.4 Å². The topological polar surface area (TPSA) is 33.2 Å². The Bertz CT molecular complexity index is 638. The van der Waals surface area contributed by atoms with Gasteiger partial charge in [-0.3, -0.25) is 4.79 Å². The van der Waals surface area contributed by atoms with Gasteiger partial charge in [0.1, 0.15) is 0 Å². The normalized spacial score (nSPS) is 12.4. The van der Waals surface area contributed by atoms with Crippen molar-refractivity contribution in [3.63, 3.8) is 0 Å². The van der Waals surface area contributed by atoms with Gasteiger partial charge in [-0.05, 0) is 45.4 Å². The highest BCUT2D eigenvalue weighted by Gasteiger charge is 2.20. The molecule has 0 radical (unpaired) electrons. The highest BCUT2D eigenvalue weighted by molar-refractivity contribution is 8.00. The summed E-state index contributed by atoms with van der Waals surface area (Å²) in [6.07, 6.45) is 0. The lowest BCUT2D eigenvalue weighted by Crippen LogP contribution is -2.36. The van der Waals surface area contributed by atoms with Crippen LogP contribution in [-0.4, -0.2) is 34.1 Å². The molecule has 112 valence electrons. The maximum absolute atomic E-state index is 12.3. The van der Waals surface area contributed by atoms with Crippen molar-refractivity contribution in [1.29, 1.82) is 0 Å². The number of fused-ring (bicyclic) bond motifs is 1. The predicted octanol–water partition coefficient (Wildman–Crippen LogP) is 3.89. The summed E-state index contributed by atoms with van der Waals surface area (Å²) in [6.45, 7) is 9.58. The van der Waals surface area contributed by atoms with Crippen LogP contribution in [0.4, 0.5) is 0 Å². The van der Waals surface area contributed by atoms with Crippen LogP contribution < -0.4 is 0 Å². The number of benzene rings is 1. The number of aromatic nitrogens is 1. The fraction of sp³-hybridized carbons (Fsp3) is 0.412. The highest BCUT2D eigenvalue weighted by atomic mass is 32.2. The van der Waals surface area contributed by atoms with E-state index in [1.54, 1.807) is 0 Å². The van der Waals surface area contributed by atoms with E-state index in [1.807, 2.05) is 43.9 Å². The first-order valence-corrected chi connectivity index (χ1v) is 8.26. The SMILES string of the molecule is CCN(CC)C(=O)[C@H](C)Sc1cc(C)c2ccccc2n1. The number of para-hydroxylation sites is 1. The van der Waals surface area contributed by atoms with Gasteiger partial charge in [0.25, 0.3) is 0 Å². The van der Waals surface area contributed by atoms with Gasteiger partial charge < -0.3 is 4.90 Å². The number of nitrogens with zero attached hydrogens (tertiary/aromatic N) is 2. The molecule has 0 aliphatic rings. The molecule has 1 aromatic carbocycles. The Balaban J connectivity index is 2.21. The number of rotatable bonds is 5. The predicted molar refractivity (Wildman–Crippen MR) is 89.7 cm³/mol. The summed E-state index contributed by atoms with van der Waals surface area (Å²) < 4.78 is 0. The molecule has 0 spiro atoms. The standard InChI is InChI=1S/C17H22N2OS/c1-5-19(6-2)17(20)13(4)21-16-11-12(3)14-9-7-8-10-15(14)18-16/h7-11,13H,5-6H2,1-4H3/t13-/m0/s1. The molecule has 2 aromatic rings. The molecule has 0 bridgehead atoms. The van der Waals surface area contributed by atoms with Gasteiger partial charge in [-0.1, -0.05) is 30.0 Å². The first-order chi connectivity index (χ1) is 10.1. The molecule has 1 atom stereocenters. The number of hydrogen-bond donors (Lipinski definition) is 0. The Labute approximate surface area is 130 Å². The zero-order chi connectivity index (χ0) is 15.4. The van der Waals surface area contributed by atoms with E-state index in [2.05, 4.69) is 24.0 Å². The zero-order valence-corrected chi connectivity index (χ0v) is 13.9. The third-order valence-electron chi connectivity index (χ3n) is 3.62. The van der Waals surface area contributed by atoms with E-state index in [4.69, 9.17) is 0 Å². The first-order valence-electron chi connectivity index (χ1n) is 7.38. The summed E-state index contributed by atoms with van der Waals surface area (Å²) in [5.41, 5.74) is 2.19. The van der Waals surface area contributed by atoms with Crippen molar-refractivity contribution in [3.05, 3.63) is 35.9 Å². The molecule has 0 aliphatic heterocycles. The minimum atomic E-state index is -0.113. The van der Waals surface area contributed by atoms with Gasteiger partial charge in [0.15, 0.2) is 0 Å². The van der Waals surface area contributed by atoms with Crippen LogP contribution in [0.2, 0.25) is 0 Å². The molecule has 2 rings (SSSR count). The largest absolute Gasteiger partial charge is 0.342 e. The molecular weight excluding hydrogens is 280 g/mol. The van der Waals surface area contributed by atoms with Gasteiger partial charge in [-0.15, -0.1) is 0 Å². The fourth-order valence-corrected chi connectivity index (χ4v) is 3.41. The van der Waals surface area contributed by atoms with Gasteiger partial charge in [0.05, 0.1) is 15.8 Å². The van der Waals surface area contributed by atoms with E-state index in [0.29, 0.717) is 0 Å². The maximum atomic E-state index is 12.3. The Morgan fingerprint density at radius 2 is 1.95 bits per heavy atom. The van der Waals surface area contributed by atoms with Crippen LogP contribution in [0.25, 0.3) is 10.9 Å². The van der Waals surface area contributed by atoms with Crippen LogP contribution in [0.3, 0.4) is 0 Å². The van der Waals surface area contributed by atoms with Gasteiger partial charge >= 0.3 is 0 Å². The van der Waals surface area contributed by atoms with Crippen molar-refractivity contribution < 1.29 is 4.79 Å². The number of thioether (sulfide) groups is 1. The second kappa shape index (κ2) is 6.94. The number of pyridine rings is 1. The summed E-state index contributed by atoms with van der Waals surface area (Å²) in [5.74, 6) is 0.178. The van der Waals surface area contributed by atoms with E-state index >= 15 is 0 Å². The summed E-state index contributed by atoms with van der Waals surface area (Å²) >= 11 is 1.54. The Morgan fingerprint density at radius 1 is 1.29 bits per heavy atom. The quantitative estimate of drug-likeness (QED) is 0.786. The minimum Gasteiger partial charge on any atom is -0.342 e. The van der Waals surface area contributed by atoms with Crippen molar-refractivity contribution in [2.24, 2.45) is 0 Å². The van der Waals surface area contributed by atoms with Crippen LogP contribution >= 0.6 is 11.8 Å². The molecule has 0 saturated carbocycles. The molecule has 3 nitrogen and oxygen atoms in total. The molecule has 21 heavy (non-hydrogen) atoms. The molecule has 0 aliphatic carbocycles. The van der Waals surface area contributed by atoms with E-state index < -0.39 is 0 Å². The van der Waals surface area contributed by atoms with Crippen molar-refractivity contribution in [3.8, 4) is 0 Å². The molecular formula is C17H22N2OS. The van der Waals surface area contributed by atoms with E-state index in [1.165, 1.54) is 22.7 Å². The van der Waals surface area contributed by atoms with Crippen molar-refractivity contribution in [2.45, 2.75) is 38.0 Å². The number of hydrogen-bond acceptors (Lipinski definition) is 3. The smallest absolute Gasteiger partial charge is 0.235 e. The van der Waals surface area contributed by atoms with Crippen molar-refractivity contribution in [2.75, 3.05) is 13.1 Å². The molecule has 0 unspecified atom stereocenters. The molecule has 0 saturated heterocycles. The van der Waals surface area contributed by atoms with E-state index in [-0.39, 0.29) is 11.2 Å². The average Bonchev–Trinajstić information content (AvgIpc) is 2.48. The third-order valence-corrected chi connectivity index (χ3v) is 4.63. The lowest BCUT2D eigenvalue weighted by Gasteiger charge is -2.22. The van der Waals surface area contributed by atoms with Crippen LogP contribution in [0.1, 0.15) is 26.3 Å². The summed E-state index contributed by atoms with van der Waals surface area (Å²) in [6, 6.07) is 10.2. The minimum absolute atomic E-state index is 0.113. The van der Waals surface area contributed by atoms with Crippen molar-refractivity contribution >= 4 is 28.6 Å². The molecule has 0 fully saturated rings. The second-order valence-corrected chi connectivity index (χ2v) is 6.43. The third kappa shape index (κ3) is 3.56. The number of amides is 1. The van der Waals surface area contributed by atoms with Crippen LogP contribution in [-0.2, 0) is 4.79 Å². The molecule has 1 amide bonds. The molecule has 1 heterocycles. The lowest BCUT2D eigenvalue weighted by atomic mass is 10.1. The van der Waals surface area contributed by atoms with E-state index in [0.717, 1.165) is 23.6 Å². The summed E-state index contributed by atoms with van der Waals surface area (Å²) in [5, 5.41) is 1.97. The summed E-state index contributed by atoms with van der Waals surface area (Å²) in [4.78, 5) is 18.9. The molecule has 4 heteroatoms. The monoisotopic (exact) mass is 302 g/mol. The molecule has 0 N–H and O–H groups in total. The zero-order valence-electron chi connectivity index (χ0n) is 13.1. The second-order valence-electron chi connectivity index (χ2n) is 5.07.